The highest BCUT2D eigenvalue weighted by Crippen LogP contribution is 2.38. The lowest BCUT2D eigenvalue weighted by Crippen LogP contribution is -1.78. The molecule has 74 valence electrons. The number of phenolic OH excluding ortho intramolecular Hbond substituents is 1. The van der Waals surface area contributed by atoms with Crippen LogP contribution in [-0.4, -0.2) is 11.4 Å². The van der Waals surface area contributed by atoms with Crippen molar-refractivity contribution in [3.63, 3.8) is 0 Å². The lowest BCUT2D eigenvalue weighted by molar-refractivity contribution is 0.477. The summed E-state index contributed by atoms with van der Waals surface area (Å²) in [5, 5.41) is 10.8. The van der Waals surface area contributed by atoms with Gasteiger partial charge in [-0.3, -0.25) is 0 Å². The smallest absolute Gasteiger partial charge is 0.128 e. The van der Waals surface area contributed by atoms with E-state index in [1.54, 1.807) is 23.1 Å². The largest absolute Gasteiger partial charge is 0.507 e. The summed E-state index contributed by atoms with van der Waals surface area (Å²) in [5.74, 6) is 0.681. The van der Waals surface area contributed by atoms with E-state index in [0.29, 0.717) is 11.6 Å². The second kappa shape index (κ2) is 4.01. The minimum atomic E-state index is 0.328. The average molecular weight is 245 g/mol. The number of benzene rings is 1. The summed E-state index contributed by atoms with van der Waals surface area (Å²) in [5.41, 5.74) is 0.796. The Morgan fingerprint density at radius 1 is 1.50 bits per heavy atom. The van der Waals surface area contributed by atoms with Crippen LogP contribution in [0.2, 0.25) is 0 Å². The number of hydrogen-bond donors (Lipinski definition) is 1. The molecule has 0 aliphatic heterocycles. The van der Waals surface area contributed by atoms with Crippen LogP contribution in [0.5, 0.6) is 5.75 Å². The van der Waals surface area contributed by atoms with Crippen molar-refractivity contribution in [2.45, 2.75) is 10.1 Å². The monoisotopic (exact) mass is 244 g/mol. The van der Waals surface area contributed by atoms with Crippen molar-refractivity contribution in [2.24, 2.45) is 0 Å². The first-order valence-electron chi connectivity index (χ1n) is 4.10. The Morgan fingerprint density at radius 2 is 2.29 bits per heavy atom. The Kier molecular flexibility index (Phi) is 2.91. The lowest BCUT2D eigenvalue weighted by Gasteiger charge is -2.00. The Hall–Kier alpha value is -0.380. The first-order chi connectivity index (χ1) is 6.76. The predicted octanol–water partition coefficient (Wildman–Crippen LogP) is 4.07. The molecule has 1 aromatic carbocycles. The van der Waals surface area contributed by atoms with Crippen LogP contribution in [0.15, 0.2) is 22.4 Å². The van der Waals surface area contributed by atoms with Crippen molar-refractivity contribution in [3.05, 3.63) is 23.8 Å². The maximum absolute atomic E-state index is 9.87. The Morgan fingerprint density at radius 3 is 2.93 bits per heavy atom. The number of phenols is 1. The van der Waals surface area contributed by atoms with Gasteiger partial charge in [-0.05, 0) is 18.4 Å². The van der Waals surface area contributed by atoms with Gasteiger partial charge >= 0.3 is 0 Å². The van der Waals surface area contributed by atoms with E-state index < -0.39 is 0 Å². The van der Waals surface area contributed by atoms with Crippen molar-refractivity contribution in [2.75, 3.05) is 6.26 Å². The van der Waals surface area contributed by atoms with Crippen LogP contribution in [0.1, 0.15) is 5.56 Å². The lowest BCUT2D eigenvalue weighted by atomic mass is 10.1. The van der Waals surface area contributed by atoms with Crippen LogP contribution in [0.3, 0.4) is 0 Å². The van der Waals surface area contributed by atoms with Gasteiger partial charge in [0.2, 0.25) is 0 Å². The number of aromatic hydroxyl groups is 1. The fourth-order valence-electron chi connectivity index (χ4n) is 1.33. The van der Waals surface area contributed by atoms with Crippen molar-refractivity contribution < 1.29 is 5.11 Å². The van der Waals surface area contributed by atoms with Crippen LogP contribution in [-0.2, 0) is 5.88 Å². The van der Waals surface area contributed by atoms with Gasteiger partial charge in [0, 0.05) is 15.6 Å². The van der Waals surface area contributed by atoms with Crippen LogP contribution in [0.25, 0.3) is 10.1 Å². The third kappa shape index (κ3) is 1.60. The minimum absolute atomic E-state index is 0.328. The van der Waals surface area contributed by atoms with Crippen LogP contribution in [0, 0.1) is 0 Å². The van der Waals surface area contributed by atoms with Crippen LogP contribution >= 0.6 is 34.7 Å². The molecule has 14 heavy (non-hydrogen) atoms. The molecule has 0 atom stereocenters. The summed E-state index contributed by atoms with van der Waals surface area (Å²) >= 11 is 9.09. The average Bonchev–Trinajstić information content (AvgIpc) is 2.62. The van der Waals surface area contributed by atoms with Crippen molar-refractivity contribution in [1.82, 2.24) is 0 Å². The van der Waals surface area contributed by atoms with E-state index in [0.717, 1.165) is 15.6 Å². The molecule has 0 fully saturated rings. The van der Waals surface area contributed by atoms with Gasteiger partial charge in [-0.25, -0.2) is 0 Å². The number of halogens is 1. The van der Waals surface area contributed by atoms with Gasteiger partial charge in [0.15, 0.2) is 0 Å². The van der Waals surface area contributed by atoms with E-state index >= 15 is 0 Å². The molecule has 0 bridgehead atoms. The van der Waals surface area contributed by atoms with E-state index in [1.165, 1.54) is 4.21 Å². The second-order valence-electron chi connectivity index (χ2n) is 2.89. The molecule has 1 N–H and O–H groups in total. The van der Waals surface area contributed by atoms with Crippen molar-refractivity contribution in [3.8, 4) is 5.75 Å². The summed E-state index contributed by atoms with van der Waals surface area (Å²) in [6, 6.07) is 5.90. The molecular weight excluding hydrogens is 236 g/mol. The Bertz CT molecular complexity index is 464. The maximum atomic E-state index is 9.87. The number of thiophene rings is 1. The number of thioether (sulfide) groups is 1. The van der Waals surface area contributed by atoms with Gasteiger partial charge < -0.3 is 5.11 Å². The SMILES string of the molecule is CSc1cc2c(O)c(CCl)ccc2s1. The van der Waals surface area contributed by atoms with Crippen LogP contribution < -0.4 is 0 Å². The summed E-state index contributed by atoms with van der Waals surface area (Å²) < 4.78 is 2.32. The number of alkyl halides is 1. The molecule has 1 nitrogen and oxygen atoms in total. The third-order valence-corrected chi connectivity index (χ3v) is 4.53. The molecule has 0 spiro atoms. The van der Waals surface area contributed by atoms with Crippen LogP contribution in [0.4, 0.5) is 0 Å². The second-order valence-corrected chi connectivity index (χ2v) is 5.35. The molecule has 4 heteroatoms. The Balaban J connectivity index is 2.68. The number of rotatable bonds is 2. The van der Waals surface area contributed by atoms with E-state index in [9.17, 15) is 5.11 Å². The highest BCUT2D eigenvalue weighted by molar-refractivity contribution is 8.00. The quantitative estimate of drug-likeness (QED) is 0.635. The van der Waals surface area contributed by atoms with Crippen molar-refractivity contribution in [1.29, 1.82) is 0 Å². The number of fused-ring (bicyclic) bond motifs is 1. The number of hydrogen-bond acceptors (Lipinski definition) is 3. The summed E-state index contributed by atoms with van der Waals surface area (Å²) in [4.78, 5) is 0. The fraction of sp³-hybridized carbons (Fsp3) is 0.200. The molecule has 1 aromatic heterocycles. The van der Waals surface area contributed by atoms with Gasteiger partial charge in [0.25, 0.3) is 0 Å². The first-order valence-corrected chi connectivity index (χ1v) is 6.68. The summed E-state index contributed by atoms with van der Waals surface area (Å²) in [6.45, 7) is 0. The summed E-state index contributed by atoms with van der Waals surface area (Å²) in [6.07, 6.45) is 2.03. The topological polar surface area (TPSA) is 20.2 Å². The minimum Gasteiger partial charge on any atom is -0.507 e. The molecule has 0 aliphatic rings. The summed E-state index contributed by atoms with van der Waals surface area (Å²) in [7, 11) is 0. The predicted molar refractivity (Wildman–Crippen MR) is 64.8 cm³/mol. The molecule has 1 heterocycles. The normalized spacial score (nSPS) is 11.0. The zero-order valence-corrected chi connectivity index (χ0v) is 9.97. The zero-order valence-electron chi connectivity index (χ0n) is 7.58. The molecule has 0 radical (unpaired) electrons. The molecule has 0 aliphatic carbocycles. The molecule has 0 amide bonds. The van der Waals surface area contributed by atoms with Gasteiger partial charge in [-0.15, -0.1) is 34.7 Å². The molecule has 0 saturated carbocycles. The van der Waals surface area contributed by atoms with E-state index in [4.69, 9.17) is 11.6 Å². The van der Waals surface area contributed by atoms with Crippen molar-refractivity contribution >= 4 is 44.8 Å². The van der Waals surface area contributed by atoms with Gasteiger partial charge in [-0.1, -0.05) is 6.07 Å². The van der Waals surface area contributed by atoms with E-state index in [-0.39, 0.29) is 0 Å². The maximum Gasteiger partial charge on any atom is 0.128 e. The van der Waals surface area contributed by atoms with E-state index in [1.807, 2.05) is 24.5 Å². The van der Waals surface area contributed by atoms with Gasteiger partial charge in [-0.2, -0.15) is 0 Å². The Labute approximate surface area is 95.7 Å². The molecule has 0 saturated heterocycles. The zero-order chi connectivity index (χ0) is 10.1. The molecular formula is C10H9ClOS2. The highest BCUT2D eigenvalue weighted by atomic mass is 35.5. The first kappa shape index (κ1) is 10.1. The highest BCUT2D eigenvalue weighted by Gasteiger charge is 2.08. The molecule has 2 rings (SSSR count). The molecule has 0 unspecified atom stereocenters. The molecule has 2 aromatic rings. The third-order valence-electron chi connectivity index (χ3n) is 2.08. The fourth-order valence-corrected chi connectivity index (χ4v) is 3.18. The van der Waals surface area contributed by atoms with E-state index in [2.05, 4.69) is 0 Å². The standard InChI is InChI=1S/C10H9ClOS2/c1-13-9-4-7-8(14-9)3-2-6(5-11)10(7)12/h2-4,12H,5H2,1H3. The van der Waals surface area contributed by atoms with Gasteiger partial charge in [0.1, 0.15) is 5.75 Å². The van der Waals surface area contributed by atoms with Gasteiger partial charge in [0.05, 0.1) is 10.1 Å².